The molecule has 5 nitrogen and oxygen atoms in total. The Labute approximate surface area is 183 Å². The lowest BCUT2D eigenvalue weighted by atomic mass is 10.1. The normalized spacial score (nSPS) is 11.4. The Morgan fingerprint density at radius 1 is 0.903 bits per heavy atom. The van der Waals surface area contributed by atoms with Gasteiger partial charge in [-0.05, 0) is 61.7 Å². The van der Waals surface area contributed by atoms with Gasteiger partial charge in [0.05, 0.1) is 11.5 Å². The zero-order valence-corrected chi connectivity index (χ0v) is 18.1. The van der Waals surface area contributed by atoms with Gasteiger partial charge in [0.15, 0.2) is 5.82 Å². The number of ether oxygens (including phenoxy) is 1. The monoisotopic (exact) mass is 432 g/mol. The summed E-state index contributed by atoms with van der Waals surface area (Å²) in [6.45, 7) is 2.54. The minimum Gasteiger partial charge on any atom is -0.494 e. The minimum atomic E-state index is -3.72. The van der Waals surface area contributed by atoms with Crippen LogP contribution in [0.5, 0.6) is 5.75 Å². The molecule has 0 atom stereocenters. The van der Waals surface area contributed by atoms with E-state index in [-0.39, 0.29) is 4.90 Å². The summed E-state index contributed by atoms with van der Waals surface area (Å²) < 4.78 is 33.2. The van der Waals surface area contributed by atoms with Crippen molar-refractivity contribution in [2.75, 3.05) is 6.61 Å². The van der Waals surface area contributed by atoms with Crippen molar-refractivity contribution in [2.45, 2.75) is 24.7 Å². The Balaban J connectivity index is 1.44. The molecule has 0 radical (unpaired) electrons. The van der Waals surface area contributed by atoms with Gasteiger partial charge in [-0.25, -0.2) is 17.4 Å². The number of rotatable bonds is 8. The molecule has 4 rings (SSSR count). The van der Waals surface area contributed by atoms with E-state index < -0.39 is 10.0 Å². The Morgan fingerprint density at radius 2 is 1.61 bits per heavy atom. The maximum Gasteiger partial charge on any atom is 0.269 e. The van der Waals surface area contributed by atoms with Gasteiger partial charge in [-0.15, -0.1) is 0 Å². The van der Waals surface area contributed by atoms with E-state index >= 15 is 0 Å². The van der Waals surface area contributed by atoms with Crippen molar-refractivity contribution in [2.24, 2.45) is 0 Å². The number of aromatic nitrogens is 2. The van der Waals surface area contributed by atoms with Crippen molar-refractivity contribution in [3.8, 4) is 17.1 Å². The summed E-state index contributed by atoms with van der Waals surface area (Å²) in [7, 11) is -3.72. The first kappa shape index (κ1) is 20.9. The first-order valence-electron chi connectivity index (χ1n) is 10.2. The fourth-order valence-corrected chi connectivity index (χ4v) is 4.62. The molecule has 0 N–H and O–H groups in total. The van der Waals surface area contributed by atoms with Gasteiger partial charge in [0.1, 0.15) is 5.75 Å². The van der Waals surface area contributed by atoms with Crippen LogP contribution in [-0.2, 0) is 16.4 Å². The lowest BCUT2D eigenvalue weighted by Crippen LogP contribution is -2.13. The lowest BCUT2D eigenvalue weighted by molar-refractivity contribution is 0.311. The summed E-state index contributed by atoms with van der Waals surface area (Å²) in [5.74, 6) is 1.12. The summed E-state index contributed by atoms with van der Waals surface area (Å²) in [6.07, 6.45) is 4.85. The van der Waals surface area contributed by atoms with Gasteiger partial charge in [-0.3, -0.25) is 0 Å². The van der Waals surface area contributed by atoms with Crippen LogP contribution in [0, 0.1) is 6.92 Å². The molecule has 1 aromatic heterocycles. The van der Waals surface area contributed by atoms with E-state index in [0.29, 0.717) is 18.0 Å². The van der Waals surface area contributed by atoms with Crippen LogP contribution < -0.4 is 4.74 Å². The van der Waals surface area contributed by atoms with E-state index in [4.69, 9.17) is 4.74 Å². The van der Waals surface area contributed by atoms with Crippen molar-refractivity contribution < 1.29 is 13.2 Å². The first-order valence-corrected chi connectivity index (χ1v) is 11.6. The van der Waals surface area contributed by atoms with E-state index in [1.807, 2.05) is 49.4 Å². The highest BCUT2D eigenvalue weighted by Gasteiger charge is 2.21. The van der Waals surface area contributed by atoms with Crippen molar-refractivity contribution >= 4 is 10.0 Å². The molecule has 0 fully saturated rings. The zero-order valence-electron chi connectivity index (χ0n) is 17.3. The highest BCUT2D eigenvalue weighted by molar-refractivity contribution is 7.90. The summed E-state index contributed by atoms with van der Waals surface area (Å²) in [6, 6.07) is 24.5. The Hall–Kier alpha value is -3.38. The number of aryl methyl sites for hydroxylation is 2. The molecule has 1 heterocycles. The van der Waals surface area contributed by atoms with Gasteiger partial charge in [0.25, 0.3) is 10.0 Å². The van der Waals surface area contributed by atoms with Gasteiger partial charge in [0, 0.05) is 18.0 Å². The van der Waals surface area contributed by atoms with E-state index in [0.717, 1.165) is 24.2 Å². The fraction of sp³-hybridized carbons (Fsp3) is 0.160. The van der Waals surface area contributed by atoms with Crippen LogP contribution in [0.1, 0.15) is 17.5 Å². The molecule has 0 amide bonds. The van der Waals surface area contributed by atoms with Crippen LogP contribution >= 0.6 is 0 Å². The molecule has 4 aromatic rings. The third kappa shape index (κ3) is 4.86. The van der Waals surface area contributed by atoms with Crippen LogP contribution in [0.15, 0.2) is 96.2 Å². The third-order valence-corrected chi connectivity index (χ3v) is 6.70. The first-order chi connectivity index (χ1) is 15.0. The molecule has 31 heavy (non-hydrogen) atoms. The highest BCUT2D eigenvalue weighted by Crippen LogP contribution is 2.25. The molecule has 0 spiro atoms. The van der Waals surface area contributed by atoms with Crippen molar-refractivity contribution in [1.82, 2.24) is 8.96 Å². The second-order valence-corrected chi connectivity index (χ2v) is 9.14. The molecule has 0 saturated carbocycles. The smallest absolute Gasteiger partial charge is 0.269 e. The Kier molecular flexibility index (Phi) is 6.18. The van der Waals surface area contributed by atoms with Crippen LogP contribution in [0.2, 0.25) is 0 Å². The van der Waals surface area contributed by atoms with Crippen molar-refractivity contribution in [3.63, 3.8) is 0 Å². The molecule has 0 unspecified atom stereocenters. The maximum atomic E-state index is 13.1. The third-order valence-electron chi connectivity index (χ3n) is 5.02. The van der Waals surface area contributed by atoms with E-state index in [9.17, 15) is 8.42 Å². The summed E-state index contributed by atoms with van der Waals surface area (Å²) in [5.41, 5.74) is 3.00. The largest absolute Gasteiger partial charge is 0.494 e. The second kappa shape index (κ2) is 9.18. The molecular weight excluding hydrogens is 408 g/mol. The number of imidazole rings is 1. The maximum absolute atomic E-state index is 13.1. The predicted molar refractivity (Wildman–Crippen MR) is 122 cm³/mol. The average Bonchev–Trinajstić information content (AvgIpc) is 3.29. The van der Waals surface area contributed by atoms with Crippen LogP contribution in [-0.4, -0.2) is 24.0 Å². The highest BCUT2D eigenvalue weighted by atomic mass is 32.2. The number of hydrogen-bond donors (Lipinski definition) is 0. The molecule has 0 aliphatic carbocycles. The molecule has 0 saturated heterocycles. The number of nitrogens with zero attached hydrogens (tertiary/aromatic N) is 2. The van der Waals surface area contributed by atoms with E-state index in [1.165, 1.54) is 21.9 Å². The van der Waals surface area contributed by atoms with Crippen molar-refractivity contribution in [1.29, 1.82) is 0 Å². The SMILES string of the molecule is Cc1ccc(S(=O)(=O)n2ccnc2-c2ccc(OCCCc3ccccc3)cc2)cc1. The van der Waals surface area contributed by atoms with Crippen LogP contribution in [0.3, 0.4) is 0 Å². The average molecular weight is 433 g/mol. The second-order valence-electron chi connectivity index (χ2n) is 7.33. The summed E-state index contributed by atoms with van der Waals surface area (Å²) >= 11 is 0. The Morgan fingerprint density at radius 3 is 2.32 bits per heavy atom. The lowest BCUT2D eigenvalue weighted by Gasteiger charge is -2.11. The molecule has 6 heteroatoms. The summed E-state index contributed by atoms with van der Waals surface area (Å²) in [4.78, 5) is 4.51. The molecule has 0 bridgehead atoms. The van der Waals surface area contributed by atoms with Gasteiger partial charge < -0.3 is 4.74 Å². The van der Waals surface area contributed by atoms with Gasteiger partial charge in [-0.2, -0.15) is 0 Å². The van der Waals surface area contributed by atoms with Gasteiger partial charge in [-0.1, -0.05) is 48.0 Å². The van der Waals surface area contributed by atoms with Crippen molar-refractivity contribution in [3.05, 3.63) is 102 Å². The summed E-state index contributed by atoms with van der Waals surface area (Å²) in [5, 5.41) is 0. The zero-order chi connectivity index (χ0) is 21.7. The van der Waals surface area contributed by atoms with E-state index in [2.05, 4.69) is 17.1 Å². The quantitative estimate of drug-likeness (QED) is 0.363. The minimum absolute atomic E-state index is 0.232. The molecule has 0 aliphatic rings. The molecular formula is C25H24N2O3S. The standard InChI is InChI=1S/C25H24N2O3S/c1-20-9-15-24(16-10-20)31(28,29)27-18-17-26-25(27)22-11-13-23(14-12-22)30-19-5-8-21-6-3-2-4-7-21/h2-4,6-7,9-18H,5,8,19H2,1H3. The van der Waals surface area contributed by atoms with Gasteiger partial charge in [0.2, 0.25) is 0 Å². The predicted octanol–water partition coefficient (Wildman–Crippen LogP) is 5.11. The Bertz CT molecular complexity index is 1230. The van der Waals surface area contributed by atoms with Gasteiger partial charge >= 0.3 is 0 Å². The molecule has 158 valence electrons. The molecule has 0 aliphatic heterocycles. The molecule has 3 aromatic carbocycles. The van der Waals surface area contributed by atoms with E-state index in [1.54, 1.807) is 24.3 Å². The fourth-order valence-electron chi connectivity index (χ4n) is 3.32. The topological polar surface area (TPSA) is 61.2 Å². The van der Waals surface area contributed by atoms with Crippen LogP contribution in [0.4, 0.5) is 0 Å². The number of hydrogen-bond acceptors (Lipinski definition) is 4. The number of benzene rings is 3. The van der Waals surface area contributed by atoms with Crippen LogP contribution in [0.25, 0.3) is 11.4 Å².